The van der Waals surface area contributed by atoms with E-state index in [0.29, 0.717) is 28.6 Å². The molecular weight excluding hydrogens is 248 g/mol. The maximum atomic E-state index is 12.2. The van der Waals surface area contributed by atoms with Gasteiger partial charge in [0.05, 0.1) is 31.7 Å². The number of methoxy groups -OCH3 is 2. The Morgan fingerprint density at radius 1 is 1.37 bits per heavy atom. The molecule has 0 atom stereocenters. The molecule has 7 heteroatoms. The monoisotopic (exact) mass is 262 g/mol. The Morgan fingerprint density at radius 2 is 2.16 bits per heavy atom. The maximum absolute atomic E-state index is 12.2. The standard InChI is InChI=1S/C12H14N4O3/c1-18-7-3-4-10(19-2)8(5-7)12(17)15-11-9(13)6-14-16-11/h3-6H,13H2,1-2H3,(H2,14,15,16,17). The number of nitrogens with zero attached hydrogens (tertiary/aromatic N) is 1. The summed E-state index contributed by atoms with van der Waals surface area (Å²) in [6, 6.07) is 4.95. The van der Waals surface area contributed by atoms with Gasteiger partial charge < -0.3 is 20.5 Å². The predicted octanol–water partition coefficient (Wildman–Crippen LogP) is 1.26. The Morgan fingerprint density at radius 3 is 2.74 bits per heavy atom. The highest BCUT2D eigenvalue weighted by Gasteiger charge is 2.15. The van der Waals surface area contributed by atoms with E-state index in [-0.39, 0.29) is 5.91 Å². The fourth-order valence-corrected chi connectivity index (χ4v) is 1.57. The van der Waals surface area contributed by atoms with Crippen molar-refractivity contribution in [2.45, 2.75) is 0 Å². The molecule has 0 aliphatic rings. The van der Waals surface area contributed by atoms with Gasteiger partial charge in [-0.1, -0.05) is 0 Å². The largest absolute Gasteiger partial charge is 0.497 e. The lowest BCUT2D eigenvalue weighted by Crippen LogP contribution is -2.14. The minimum absolute atomic E-state index is 0.342. The Hall–Kier alpha value is -2.70. The first-order valence-corrected chi connectivity index (χ1v) is 5.48. The van der Waals surface area contributed by atoms with Gasteiger partial charge >= 0.3 is 0 Å². The predicted molar refractivity (Wildman–Crippen MR) is 70.5 cm³/mol. The third-order valence-electron chi connectivity index (χ3n) is 2.56. The highest BCUT2D eigenvalue weighted by molar-refractivity contribution is 6.07. The summed E-state index contributed by atoms with van der Waals surface area (Å²) in [6.07, 6.45) is 1.42. The lowest BCUT2D eigenvalue weighted by atomic mass is 10.1. The molecule has 1 heterocycles. The number of benzene rings is 1. The fraction of sp³-hybridized carbons (Fsp3) is 0.167. The van der Waals surface area contributed by atoms with Crippen molar-refractivity contribution in [3.05, 3.63) is 30.0 Å². The number of H-pyrrole nitrogens is 1. The number of ether oxygens (including phenoxy) is 2. The number of hydrogen-bond acceptors (Lipinski definition) is 5. The molecule has 0 bridgehead atoms. The number of anilines is 2. The zero-order chi connectivity index (χ0) is 13.8. The molecule has 100 valence electrons. The van der Waals surface area contributed by atoms with E-state index in [4.69, 9.17) is 15.2 Å². The quantitative estimate of drug-likeness (QED) is 0.769. The number of hydrogen-bond donors (Lipinski definition) is 3. The number of nitrogens with two attached hydrogens (primary N) is 1. The summed E-state index contributed by atoms with van der Waals surface area (Å²) in [4.78, 5) is 12.2. The number of nitrogen functional groups attached to an aromatic ring is 1. The van der Waals surface area contributed by atoms with Crippen LogP contribution in [0.5, 0.6) is 11.5 Å². The molecule has 0 aliphatic carbocycles. The van der Waals surface area contributed by atoms with Crippen molar-refractivity contribution in [3.63, 3.8) is 0 Å². The van der Waals surface area contributed by atoms with E-state index >= 15 is 0 Å². The maximum Gasteiger partial charge on any atom is 0.260 e. The summed E-state index contributed by atoms with van der Waals surface area (Å²) >= 11 is 0. The minimum atomic E-state index is -0.369. The Kier molecular flexibility index (Phi) is 3.56. The lowest BCUT2D eigenvalue weighted by molar-refractivity contribution is 0.102. The zero-order valence-electron chi connectivity index (χ0n) is 10.6. The van der Waals surface area contributed by atoms with Crippen molar-refractivity contribution in [2.24, 2.45) is 0 Å². The molecule has 0 fully saturated rings. The van der Waals surface area contributed by atoms with E-state index < -0.39 is 0 Å². The van der Waals surface area contributed by atoms with Crippen LogP contribution in [0, 0.1) is 0 Å². The van der Waals surface area contributed by atoms with E-state index in [1.165, 1.54) is 20.4 Å². The molecule has 7 nitrogen and oxygen atoms in total. The van der Waals surface area contributed by atoms with E-state index in [2.05, 4.69) is 15.5 Å². The zero-order valence-corrected chi connectivity index (χ0v) is 10.6. The molecule has 19 heavy (non-hydrogen) atoms. The summed E-state index contributed by atoms with van der Waals surface area (Å²) in [5.74, 6) is 0.974. The van der Waals surface area contributed by atoms with Crippen LogP contribution in [0.2, 0.25) is 0 Å². The van der Waals surface area contributed by atoms with E-state index in [1.54, 1.807) is 18.2 Å². The number of aromatic nitrogens is 2. The average Bonchev–Trinajstić information content (AvgIpc) is 2.83. The summed E-state index contributed by atoms with van der Waals surface area (Å²) in [7, 11) is 3.01. The van der Waals surface area contributed by atoms with Gasteiger partial charge in [0, 0.05) is 0 Å². The minimum Gasteiger partial charge on any atom is -0.497 e. The van der Waals surface area contributed by atoms with Crippen molar-refractivity contribution in [2.75, 3.05) is 25.3 Å². The number of carbonyl (C=O) groups excluding carboxylic acids is 1. The molecule has 0 saturated heterocycles. The van der Waals surface area contributed by atoms with Gasteiger partial charge in [-0.05, 0) is 18.2 Å². The van der Waals surface area contributed by atoms with Crippen molar-refractivity contribution in [3.8, 4) is 11.5 Å². The van der Waals surface area contributed by atoms with Crippen LogP contribution in [0.4, 0.5) is 11.5 Å². The van der Waals surface area contributed by atoms with Crippen LogP contribution in [-0.2, 0) is 0 Å². The molecule has 2 rings (SSSR count). The van der Waals surface area contributed by atoms with Crippen LogP contribution >= 0.6 is 0 Å². The normalized spacial score (nSPS) is 10.0. The van der Waals surface area contributed by atoms with Crippen LogP contribution < -0.4 is 20.5 Å². The average molecular weight is 262 g/mol. The first-order valence-electron chi connectivity index (χ1n) is 5.48. The smallest absolute Gasteiger partial charge is 0.260 e. The van der Waals surface area contributed by atoms with Crippen molar-refractivity contribution in [1.82, 2.24) is 10.2 Å². The van der Waals surface area contributed by atoms with Crippen LogP contribution in [0.1, 0.15) is 10.4 Å². The molecule has 1 aromatic heterocycles. The van der Waals surface area contributed by atoms with Gasteiger partial charge in [-0.2, -0.15) is 5.10 Å². The van der Waals surface area contributed by atoms with Crippen molar-refractivity contribution in [1.29, 1.82) is 0 Å². The van der Waals surface area contributed by atoms with Gasteiger partial charge in [0.15, 0.2) is 5.82 Å². The van der Waals surface area contributed by atoms with Crippen LogP contribution in [0.25, 0.3) is 0 Å². The fourth-order valence-electron chi connectivity index (χ4n) is 1.57. The summed E-state index contributed by atoms with van der Waals surface area (Å²) < 4.78 is 10.2. The van der Waals surface area contributed by atoms with E-state index in [1.807, 2.05) is 0 Å². The molecular formula is C12H14N4O3. The molecule has 1 amide bonds. The topological polar surface area (TPSA) is 102 Å². The van der Waals surface area contributed by atoms with Gasteiger partial charge in [-0.3, -0.25) is 9.89 Å². The number of amides is 1. The number of aromatic amines is 1. The number of carbonyl (C=O) groups is 1. The molecule has 2 aromatic rings. The van der Waals surface area contributed by atoms with Gasteiger partial charge in [0.1, 0.15) is 11.5 Å². The number of rotatable bonds is 4. The third kappa shape index (κ3) is 2.59. The highest BCUT2D eigenvalue weighted by atomic mass is 16.5. The van der Waals surface area contributed by atoms with Crippen molar-refractivity contribution < 1.29 is 14.3 Å². The van der Waals surface area contributed by atoms with E-state index in [9.17, 15) is 4.79 Å². The molecule has 0 spiro atoms. The Balaban J connectivity index is 2.29. The molecule has 1 aromatic carbocycles. The number of nitrogens with one attached hydrogen (secondary N) is 2. The summed E-state index contributed by atoms with van der Waals surface area (Å²) in [6.45, 7) is 0. The van der Waals surface area contributed by atoms with Crippen molar-refractivity contribution >= 4 is 17.4 Å². The summed E-state index contributed by atoms with van der Waals surface area (Å²) in [5, 5.41) is 8.93. The second-order valence-electron chi connectivity index (χ2n) is 3.72. The van der Waals surface area contributed by atoms with Gasteiger partial charge in [-0.15, -0.1) is 0 Å². The van der Waals surface area contributed by atoms with Gasteiger partial charge in [0.2, 0.25) is 0 Å². The molecule has 0 radical (unpaired) electrons. The Labute approximate surface area is 109 Å². The molecule has 4 N–H and O–H groups in total. The van der Waals surface area contributed by atoms with Crippen LogP contribution in [-0.4, -0.2) is 30.3 Å². The van der Waals surface area contributed by atoms with Crippen LogP contribution in [0.3, 0.4) is 0 Å². The third-order valence-corrected chi connectivity index (χ3v) is 2.56. The first-order chi connectivity index (χ1) is 9.15. The second-order valence-corrected chi connectivity index (χ2v) is 3.72. The molecule has 0 saturated carbocycles. The van der Waals surface area contributed by atoms with Crippen LogP contribution in [0.15, 0.2) is 24.4 Å². The highest BCUT2D eigenvalue weighted by Crippen LogP contribution is 2.25. The first kappa shape index (κ1) is 12.7. The van der Waals surface area contributed by atoms with E-state index in [0.717, 1.165) is 0 Å². The summed E-state index contributed by atoms with van der Waals surface area (Å²) in [5.41, 5.74) is 6.33. The molecule has 0 aliphatic heterocycles. The van der Waals surface area contributed by atoms with Gasteiger partial charge in [0.25, 0.3) is 5.91 Å². The second kappa shape index (κ2) is 5.30. The Bertz CT molecular complexity index is 594. The SMILES string of the molecule is COc1ccc(OC)c(C(=O)Nc2[nH]ncc2N)c1. The van der Waals surface area contributed by atoms with Gasteiger partial charge in [-0.25, -0.2) is 0 Å². The lowest BCUT2D eigenvalue weighted by Gasteiger charge is -2.10. The molecule has 0 unspecified atom stereocenters.